The first kappa shape index (κ1) is 10.2. The summed E-state index contributed by atoms with van der Waals surface area (Å²) in [5.74, 6) is 0. The molecule has 0 fully saturated rings. The molecule has 5 nitrogen and oxygen atoms in total. The number of nitrogens with zero attached hydrogens (tertiary/aromatic N) is 2. The van der Waals surface area contributed by atoms with Crippen LogP contribution < -0.4 is 5.43 Å². The van der Waals surface area contributed by atoms with Gasteiger partial charge in [-0.05, 0) is 19.9 Å². The number of hydrogen-bond donors (Lipinski definition) is 1. The van der Waals surface area contributed by atoms with E-state index in [1.807, 2.05) is 13.8 Å². The molecule has 1 aromatic rings. The van der Waals surface area contributed by atoms with Gasteiger partial charge in [-0.25, -0.2) is 0 Å². The average molecular weight is 193 g/mol. The number of nitrogens with one attached hydrogen (secondary N) is 1. The van der Waals surface area contributed by atoms with Crippen molar-refractivity contribution in [2.24, 2.45) is 5.10 Å². The maximum Gasteiger partial charge on any atom is 0.271 e. The first-order valence-electron chi connectivity index (χ1n) is 4.11. The Hall–Kier alpha value is -1.91. The molecule has 0 atom stereocenters. The first-order valence-corrected chi connectivity index (χ1v) is 4.11. The summed E-state index contributed by atoms with van der Waals surface area (Å²) in [6.45, 7) is 3.68. The van der Waals surface area contributed by atoms with E-state index in [4.69, 9.17) is 0 Å². The molecule has 1 aromatic carbocycles. The number of benzene rings is 1. The van der Waals surface area contributed by atoms with Gasteiger partial charge in [-0.15, -0.1) is 0 Å². The highest BCUT2D eigenvalue weighted by atomic mass is 16.6. The van der Waals surface area contributed by atoms with Gasteiger partial charge < -0.3 is 0 Å². The normalized spacial score (nSPS) is 9.29. The van der Waals surface area contributed by atoms with Crippen LogP contribution in [0.4, 0.5) is 11.4 Å². The zero-order valence-corrected chi connectivity index (χ0v) is 8.02. The monoisotopic (exact) mass is 193 g/mol. The standard InChI is InChI=1S/C9H11N3O2/c1-7(2)10-11-8-4-3-5-9(6-8)12(13)14/h3-6,11H,1-2H3. The number of rotatable bonds is 3. The molecule has 1 N–H and O–H groups in total. The van der Waals surface area contributed by atoms with Crippen molar-refractivity contribution in [2.75, 3.05) is 5.43 Å². The minimum atomic E-state index is -0.437. The van der Waals surface area contributed by atoms with E-state index >= 15 is 0 Å². The SMILES string of the molecule is CC(C)=NNc1cccc([N+](=O)[O-])c1. The van der Waals surface area contributed by atoms with Crippen LogP contribution in [0.5, 0.6) is 0 Å². The summed E-state index contributed by atoms with van der Waals surface area (Å²) in [4.78, 5) is 10.00. The van der Waals surface area contributed by atoms with E-state index < -0.39 is 4.92 Å². The van der Waals surface area contributed by atoms with Gasteiger partial charge in [-0.1, -0.05) is 6.07 Å². The highest BCUT2D eigenvalue weighted by Gasteiger charge is 2.04. The van der Waals surface area contributed by atoms with Crippen molar-refractivity contribution < 1.29 is 4.92 Å². The summed E-state index contributed by atoms with van der Waals surface area (Å²) in [5.41, 5.74) is 4.25. The van der Waals surface area contributed by atoms with E-state index in [1.165, 1.54) is 12.1 Å². The number of nitro benzene ring substituents is 1. The van der Waals surface area contributed by atoms with Gasteiger partial charge in [0.05, 0.1) is 10.6 Å². The summed E-state index contributed by atoms with van der Waals surface area (Å²) in [7, 11) is 0. The lowest BCUT2D eigenvalue weighted by molar-refractivity contribution is -0.384. The van der Waals surface area contributed by atoms with Crippen molar-refractivity contribution in [1.29, 1.82) is 0 Å². The van der Waals surface area contributed by atoms with Crippen LogP contribution in [0, 0.1) is 10.1 Å². The predicted octanol–water partition coefficient (Wildman–Crippen LogP) is 2.40. The summed E-state index contributed by atoms with van der Waals surface area (Å²) in [5, 5.41) is 14.4. The smallest absolute Gasteiger partial charge is 0.271 e. The largest absolute Gasteiger partial charge is 0.278 e. The van der Waals surface area contributed by atoms with Crippen molar-refractivity contribution in [3.05, 3.63) is 34.4 Å². The third-order valence-electron chi connectivity index (χ3n) is 1.47. The van der Waals surface area contributed by atoms with Crippen LogP contribution in [0.2, 0.25) is 0 Å². The third kappa shape index (κ3) is 2.85. The molecule has 0 aliphatic rings. The zero-order valence-electron chi connectivity index (χ0n) is 8.02. The summed E-state index contributed by atoms with van der Waals surface area (Å²) < 4.78 is 0. The van der Waals surface area contributed by atoms with E-state index in [0.717, 1.165) is 5.71 Å². The molecule has 0 saturated carbocycles. The molecule has 0 spiro atoms. The van der Waals surface area contributed by atoms with Gasteiger partial charge in [0.2, 0.25) is 0 Å². The number of anilines is 1. The van der Waals surface area contributed by atoms with Crippen molar-refractivity contribution in [1.82, 2.24) is 0 Å². The van der Waals surface area contributed by atoms with Crippen LogP contribution in [0.3, 0.4) is 0 Å². The Morgan fingerprint density at radius 2 is 2.21 bits per heavy atom. The molecule has 0 radical (unpaired) electrons. The van der Waals surface area contributed by atoms with Gasteiger partial charge in [-0.2, -0.15) is 5.10 Å². The second-order valence-corrected chi connectivity index (χ2v) is 2.98. The van der Waals surface area contributed by atoms with Crippen LogP contribution in [0.15, 0.2) is 29.4 Å². The van der Waals surface area contributed by atoms with Gasteiger partial charge in [-0.3, -0.25) is 15.5 Å². The van der Waals surface area contributed by atoms with E-state index in [1.54, 1.807) is 12.1 Å². The zero-order chi connectivity index (χ0) is 10.6. The van der Waals surface area contributed by atoms with Crippen LogP contribution in [-0.2, 0) is 0 Å². The van der Waals surface area contributed by atoms with Gasteiger partial charge in [0.25, 0.3) is 5.69 Å². The highest BCUT2D eigenvalue weighted by molar-refractivity contribution is 5.79. The Morgan fingerprint density at radius 3 is 2.79 bits per heavy atom. The average Bonchev–Trinajstić information content (AvgIpc) is 2.15. The minimum Gasteiger partial charge on any atom is -0.278 e. The molecule has 0 amide bonds. The van der Waals surface area contributed by atoms with Gasteiger partial charge in [0, 0.05) is 17.8 Å². The molecule has 0 bridgehead atoms. The molecule has 0 aliphatic heterocycles. The lowest BCUT2D eigenvalue weighted by Gasteiger charge is -1.99. The molecule has 0 aromatic heterocycles. The van der Waals surface area contributed by atoms with Crippen LogP contribution >= 0.6 is 0 Å². The topological polar surface area (TPSA) is 67.5 Å². The van der Waals surface area contributed by atoms with E-state index in [0.29, 0.717) is 5.69 Å². The number of hydrogen-bond acceptors (Lipinski definition) is 4. The highest BCUT2D eigenvalue weighted by Crippen LogP contribution is 2.16. The fourth-order valence-corrected chi connectivity index (χ4v) is 0.865. The van der Waals surface area contributed by atoms with Gasteiger partial charge in [0.15, 0.2) is 0 Å². The lowest BCUT2D eigenvalue weighted by atomic mass is 10.3. The minimum absolute atomic E-state index is 0.0546. The molecule has 5 heteroatoms. The molecule has 0 heterocycles. The fraction of sp³-hybridized carbons (Fsp3) is 0.222. The molecule has 0 saturated heterocycles. The molecule has 74 valence electrons. The molecular weight excluding hydrogens is 182 g/mol. The van der Waals surface area contributed by atoms with E-state index in [2.05, 4.69) is 10.5 Å². The summed E-state index contributed by atoms with van der Waals surface area (Å²) >= 11 is 0. The Labute approximate surface area is 81.6 Å². The molecule has 0 aliphatic carbocycles. The fourth-order valence-electron chi connectivity index (χ4n) is 0.865. The Kier molecular flexibility index (Phi) is 3.17. The number of non-ortho nitro benzene ring substituents is 1. The van der Waals surface area contributed by atoms with Crippen molar-refractivity contribution >= 4 is 17.1 Å². The van der Waals surface area contributed by atoms with Crippen molar-refractivity contribution in [3.63, 3.8) is 0 Å². The second kappa shape index (κ2) is 4.36. The van der Waals surface area contributed by atoms with Crippen LogP contribution in [-0.4, -0.2) is 10.6 Å². The van der Waals surface area contributed by atoms with Gasteiger partial charge >= 0.3 is 0 Å². The predicted molar refractivity (Wildman–Crippen MR) is 55.5 cm³/mol. The summed E-state index contributed by atoms with van der Waals surface area (Å²) in [6.07, 6.45) is 0. The van der Waals surface area contributed by atoms with Crippen LogP contribution in [0.25, 0.3) is 0 Å². The molecule has 0 unspecified atom stereocenters. The maximum absolute atomic E-state index is 10.4. The van der Waals surface area contributed by atoms with E-state index in [-0.39, 0.29) is 5.69 Å². The molecule has 14 heavy (non-hydrogen) atoms. The molecule has 1 rings (SSSR count). The summed E-state index contributed by atoms with van der Waals surface area (Å²) in [6, 6.07) is 6.21. The quantitative estimate of drug-likeness (QED) is 0.455. The van der Waals surface area contributed by atoms with Crippen molar-refractivity contribution in [3.8, 4) is 0 Å². The number of hydrazone groups is 1. The Morgan fingerprint density at radius 1 is 1.50 bits per heavy atom. The Bertz CT molecular complexity index is 370. The maximum atomic E-state index is 10.4. The third-order valence-corrected chi connectivity index (χ3v) is 1.47. The first-order chi connectivity index (χ1) is 6.59. The lowest BCUT2D eigenvalue weighted by Crippen LogP contribution is -1.94. The van der Waals surface area contributed by atoms with Crippen molar-refractivity contribution in [2.45, 2.75) is 13.8 Å². The Balaban J connectivity index is 2.84. The second-order valence-electron chi connectivity index (χ2n) is 2.98. The number of nitro groups is 1. The van der Waals surface area contributed by atoms with E-state index in [9.17, 15) is 10.1 Å². The van der Waals surface area contributed by atoms with Gasteiger partial charge in [0.1, 0.15) is 0 Å². The molecular formula is C9H11N3O2. The van der Waals surface area contributed by atoms with Crippen LogP contribution in [0.1, 0.15) is 13.8 Å².